The molecule has 3 N–H and O–H groups in total. The normalized spacial score (nSPS) is 10.5. The third kappa shape index (κ3) is 6.36. The van der Waals surface area contributed by atoms with Crippen LogP contribution in [0.1, 0.15) is 38.5 Å². The lowest BCUT2D eigenvalue weighted by Gasteiger charge is -2.07. The number of nitrogens with two attached hydrogens (primary N) is 1. The fourth-order valence-corrected chi connectivity index (χ4v) is 2.95. The number of anilines is 2. The van der Waals surface area contributed by atoms with Gasteiger partial charge in [-0.1, -0.05) is 59.5 Å². The van der Waals surface area contributed by atoms with Crippen LogP contribution in [0.4, 0.5) is 11.4 Å². The molecule has 2 aromatic carbocycles. The summed E-state index contributed by atoms with van der Waals surface area (Å²) in [6.07, 6.45) is 6.32. The van der Waals surface area contributed by atoms with Crippen molar-refractivity contribution in [2.24, 2.45) is 0 Å². The first-order chi connectivity index (χ1) is 11.7. The summed E-state index contributed by atoms with van der Waals surface area (Å²) in [5, 5.41) is 4.03. The largest absolute Gasteiger partial charge is 0.399 e. The molecule has 1 amide bonds. The molecule has 0 heterocycles. The van der Waals surface area contributed by atoms with Crippen molar-refractivity contribution in [1.82, 2.24) is 0 Å². The third-order valence-electron chi connectivity index (χ3n) is 3.95. The molecule has 0 aliphatic carbocycles. The molecule has 0 saturated heterocycles. The Morgan fingerprint density at radius 3 is 2.00 bits per heavy atom. The van der Waals surface area contributed by atoms with E-state index in [2.05, 4.69) is 21.2 Å². The van der Waals surface area contributed by atoms with Crippen molar-refractivity contribution in [3.8, 4) is 11.1 Å². The second kappa shape index (κ2) is 10.1. The lowest BCUT2D eigenvalue weighted by Crippen LogP contribution is -2.10. The maximum Gasteiger partial charge on any atom is 0.224 e. The molecule has 4 heteroatoms. The van der Waals surface area contributed by atoms with Crippen molar-refractivity contribution in [3.05, 3.63) is 48.5 Å². The summed E-state index contributed by atoms with van der Waals surface area (Å²) in [6.45, 7) is 0. The van der Waals surface area contributed by atoms with Gasteiger partial charge in [0.05, 0.1) is 0 Å². The van der Waals surface area contributed by atoms with Gasteiger partial charge in [0.2, 0.25) is 5.91 Å². The molecule has 2 aromatic rings. The fraction of sp³-hybridized carbons (Fsp3) is 0.350. The van der Waals surface area contributed by atoms with E-state index >= 15 is 0 Å². The highest BCUT2D eigenvalue weighted by Gasteiger charge is 2.03. The van der Waals surface area contributed by atoms with Crippen LogP contribution in [0, 0.1) is 0 Å². The summed E-state index contributed by atoms with van der Waals surface area (Å²) < 4.78 is 0. The summed E-state index contributed by atoms with van der Waals surface area (Å²) in [5.41, 5.74) is 9.54. The average Bonchev–Trinajstić information content (AvgIpc) is 2.59. The number of alkyl halides is 1. The number of carbonyl (C=O) groups is 1. The Balaban J connectivity index is 1.77. The Labute approximate surface area is 152 Å². The molecule has 128 valence electrons. The van der Waals surface area contributed by atoms with Crippen LogP contribution in [-0.2, 0) is 4.79 Å². The molecular weight excluding hydrogens is 364 g/mol. The quantitative estimate of drug-likeness (QED) is 0.333. The minimum absolute atomic E-state index is 0.0933. The van der Waals surface area contributed by atoms with E-state index in [1.54, 1.807) is 0 Å². The average molecular weight is 389 g/mol. The topological polar surface area (TPSA) is 55.1 Å². The van der Waals surface area contributed by atoms with Crippen LogP contribution in [0.25, 0.3) is 11.1 Å². The molecule has 24 heavy (non-hydrogen) atoms. The monoisotopic (exact) mass is 388 g/mol. The highest BCUT2D eigenvalue weighted by Crippen LogP contribution is 2.22. The Morgan fingerprint density at radius 2 is 1.38 bits per heavy atom. The first-order valence-electron chi connectivity index (χ1n) is 8.51. The van der Waals surface area contributed by atoms with Gasteiger partial charge in [0.1, 0.15) is 0 Å². The minimum Gasteiger partial charge on any atom is -0.399 e. The highest BCUT2D eigenvalue weighted by molar-refractivity contribution is 9.09. The number of rotatable bonds is 9. The highest BCUT2D eigenvalue weighted by atomic mass is 79.9. The molecule has 0 aliphatic rings. The summed E-state index contributed by atoms with van der Waals surface area (Å²) in [4.78, 5) is 12.0. The van der Waals surface area contributed by atoms with Gasteiger partial charge in [0.25, 0.3) is 0 Å². The molecule has 0 spiro atoms. The first-order valence-corrected chi connectivity index (χ1v) is 9.63. The lowest BCUT2D eigenvalue weighted by molar-refractivity contribution is -0.116. The summed E-state index contributed by atoms with van der Waals surface area (Å²) in [6, 6.07) is 15.7. The van der Waals surface area contributed by atoms with Gasteiger partial charge < -0.3 is 11.1 Å². The number of nitrogens with one attached hydrogen (secondary N) is 1. The number of hydrogen-bond acceptors (Lipinski definition) is 2. The van der Waals surface area contributed by atoms with Crippen molar-refractivity contribution in [2.75, 3.05) is 16.4 Å². The van der Waals surface area contributed by atoms with Crippen molar-refractivity contribution < 1.29 is 4.79 Å². The summed E-state index contributed by atoms with van der Waals surface area (Å²) >= 11 is 3.43. The van der Waals surface area contributed by atoms with Crippen LogP contribution in [0.15, 0.2) is 48.5 Å². The molecule has 0 fully saturated rings. The van der Waals surface area contributed by atoms with Gasteiger partial charge in [-0.3, -0.25) is 4.79 Å². The van der Waals surface area contributed by atoms with Crippen LogP contribution >= 0.6 is 15.9 Å². The molecule has 0 radical (unpaired) electrons. The van der Waals surface area contributed by atoms with Crippen LogP contribution < -0.4 is 11.1 Å². The van der Waals surface area contributed by atoms with E-state index in [0.29, 0.717) is 6.42 Å². The van der Waals surface area contributed by atoms with Crippen molar-refractivity contribution >= 4 is 33.2 Å². The van der Waals surface area contributed by atoms with Gasteiger partial charge in [-0.05, 0) is 48.2 Å². The van der Waals surface area contributed by atoms with Gasteiger partial charge in [0.15, 0.2) is 0 Å². The smallest absolute Gasteiger partial charge is 0.224 e. The van der Waals surface area contributed by atoms with Gasteiger partial charge >= 0.3 is 0 Å². The predicted octanol–water partition coefficient (Wildman–Crippen LogP) is 5.61. The maximum atomic E-state index is 12.0. The second-order valence-corrected chi connectivity index (χ2v) is 6.75. The van der Waals surface area contributed by atoms with E-state index in [9.17, 15) is 4.79 Å². The van der Waals surface area contributed by atoms with E-state index < -0.39 is 0 Å². The van der Waals surface area contributed by atoms with Crippen molar-refractivity contribution in [1.29, 1.82) is 0 Å². The number of carbonyl (C=O) groups excluding carboxylic acids is 1. The SMILES string of the molecule is Nc1ccc(-c2ccc(NC(=O)CCCCCCCBr)cc2)cc1. The molecule has 0 atom stereocenters. The van der Waals surface area contributed by atoms with Crippen molar-refractivity contribution in [3.63, 3.8) is 0 Å². The zero-order chi connectivity index (χ0) is 17.2. The first kappa shape index (κ1) is 18.5. The number of amides is 1. The van der Waals surface area contributed by atoms with Gasteiger partial charge in [-0.2, -0.15) is 0 Å². The number of unbranched alkanes of at least 4 members (excludes halogenated alkanes) is 4. The standard InChI is InChI=1S/C20H25BrN2O/c21-15-5-3-1-2-4-6-20(24)23-19-13-9-17(10-14-19)16-7-11-18(22)12-8-16/h7-14H,1-6,15,22H2,(H,23,24). The Bertz CT molecular complexity index is 623. The molecule has 3 nitrogen and oxygen atoms in total. The van der Waals surface area contributed by atoms with E-state index in [4.69, 9.17) is 5.73 Å². The Kier molecular flexibility index (Phi) is 7.83. The van der Waals surface area contributed by atoms with Crippen LogP contribution in [0.5, 0.6) is 0 Å². The van der Waals surface area contributed by atoms with Gasteiger partial charge in [-0.25, -0.2) is 0 Å². The zero-order valence-corrected chi connectivity index (χ0v) is 15.5. The third-order valence-corrected chi connectivity index (χ3v) is 4.51. The summed E-state index contributed by atoms with van der Waals surface area (Å²) in [5.74, 6) is 0.0933. The van der Waals surface area contributed by atoms with E-state index in [1.807, 2.05) is 48.5 Å². The maximum absolute atomic E-state index is 12.0. The molecule has 0 bridgehead atoms. The Hall–Kier alpha value is -1.81. The molecule has 0 aliphatic heterocycles. The van der Waals surface area contributed by atoms with Gasteiger partial charge in [0, 0.05) is 23.1 Å². The number of hydrogen-bond donors (Lipinski definition) is 2. The van der Waals surface area contributed by atoms with Gasteiger partial charge in [-0.15, -0.1) is 0 Å². The molecule has 0 unspecified atom stereocenters. The summed E-state index contributed by atoms with van der Waals surface area (Å²) in [7, 11) is 0. The number of nitrogen functional groups attached to an aromatic ring is 1. The molecule has 0 saturated carbocycles. The predicted molar refractivity (Wildman–Crippen MR) is 106 cm³/mol. The molecule has 2 rings (SSSR count). The second-order valence-electron chi connectivity index (χ2n) is 5.95. The van der Waals surface area contributed by atoms with Crippen LogP contribution in [0.2, 0.25) is 0 Å². The van der Waals surface area contributed by atoms with Crippen molar-refractivity contribution in [2.45, 2.75) is 38.5 Å². The minimum atomic E-state index is 0.0933. The van der Waals surface area contributed by atoms with Crippen LogP contribution in [0.3, 0.4) is 0 Å². The van der Waals surface area contributed by atoms with E-state index in [1.165, 1.54) is 19.3 Å². The number of benzene rings is 2. The van der Waals surface area contributed by atoms with E-state index in [-0.39, 0.29) is 5.91 Å². The number of halogens is 1. The zero-order valence-electron chi connectivity index (χ0n) is 13.9. The van der Waals surface area contributed by atoms with E-state index in [0.717, 1.165) is 40.7 Å². The van der Waals surface area contributed by atoms with Crippen LogP contribution in [-0.4, -0.2) is 11.2 Å². The fourth-order valence-electron chi connectivity index (χ4n) is 2.56. The lowest BCUT2D eigenvalue weighted by atomic mass is 10.1. The molecule has 0 aromatic heterocycles. The molecular formula is C20H25BrN2O. The Morgan fingerprint density at radius 1 is 0.833 bits per heavy atom.